The molecule has 1 aliphatic heterocycles. The first-order valence-electron chi connectivity index (χ1n) is 6.71. The summed E-state index contributed by atoms with van der Waals surface area (Å²) in [6.45, 7) is 2.77. The van der Waals surface area contributed by atoms with Gasteiger partial charge in [0.05, 0.1) is 17.7 Å². The molecular formula is C14H20N2O3. The summed E-state index contributed by atoms with van der Waals surface area (Å²) in [4.78, 5) is 23.5. The van der Waals surface area contributed by atoms with Crippen molar-refractivity contribution in [1.29, 1.82) is 0 Å². The average molecular weight is 264 g/mol. The fourth-order valence-electron chi connectivity index (χ4n) is 2.45. The molecule has 0 radical (unpaired) electrons. The number of amides is 1. The van der Waals surface area contributed by atoms with Gasteiger partial charge in [0.15, 0.2) is 0 Å². The maximum Gasteiger partial charge on any atom is 0.250 e. The third kappa shape index (κ3) is 3.23. The highest BCUT2D eigenvalue weighted by molar-refractivity contribution is 5.92. The minimum Gasteiger partial charge on any atom is -0.377 e. The van der Waals surface area contributed by atoms with Gasteiger partial charge in [-0.05, 0) is 25.3 Å². The highest BCUT2D eigenvalue weighted by Crippen LogP contribution is 2.24. The van der Waals surface area contributed by atoms with Gasteiger partial charge in [0.25, 0.3) is 0 Å². The molecule has 1 fully saturated rings. The highest BCUT2D eigenvalue weighted by Gasteiger charge is 2.30. The lowest BCUT2D eigenvalue weighted by Crippen LogP contribution is -2.38. The summed E-state index contributed by atoms with van der Waals surface area (Å²) < 4.78 is 7.07. The van der Waals surface area contributed by atoms with Crippen molar-refractivity contribution in [3.8, 4) is 0 Å². The van der Waals surface area contributed by atoms with Crippen LogP contribution in [0.25, 0.3) is 0 Å². The first-order valence-corrected chi connectivity index (χ1v) is 6.71. The van der Waals surface area contributed by atoms with E-state index in [2.05, 4.69) is 5.32 Å². The fraction of sp³-hybridized carbons (Fsp3) is 0.571. The zero-order chi connectivity index (χ0) is 13.8. The van der Waals surface area contributed by atoms with Gasteiger partial charge in [0, 0.05) is 25.9 Å². The molecule has 0 spiro atoms. The molecule has 2 atom stereocenters. The first kappa shape index (κ1) is 13.8. The summed E-state index contributed by atoms with van der Waals surface area (Å²) in [6, 6.07) is 3.08. The largest absolute Gasteiger partial charge is 0.377 e. The van der Waals surface area contributed by atoms with E-state index in [1.165, 1.54) is 10.6 Å². The molecule has 2 heterocycles. The normalized spacial score (nSPS) is 23.1. The molecule has 0 aliphatic carbocycles. The second-order valence-electron chi connectivity index (χ2n) is 4.92. The lowest BCUT2D eigenvalue weighted by atomic mass is 9.92. The standard InChI is InChI=1S/C14H20N2O3/c1-3-12-11(5-4-8-19-12)14(18)15-10-6-7-13(17)16(2)9-10/h6-7,9,11-12H,3-5,8H2,1-2H3,(H,15,18). The van der Waals surface area contributed by atoms with Crippen molar-refractivity contribution >= 4 is 11.6 Å². The fourth-order valence-corrected chi connectivity index (χ4v) is 2.45. The van der Waals surface area contributed by atoms with Crippen LogP contribution in [-0.2, 0) is 16.6 Å². The molecule has 5 heteroatoms. The quantitative estimate of drug-likeness (QED) is 0.900. The Morgan fingerprint density at radius 2 is 2.32 bits per heavy atom. The number of hydrogen-bond donors (Lipinski definition) is 1. The molecule has 0 aromatic carbocycles. The van der Waals surface area contributed by atoms with Crippen molar-refractivity contribution in [3.63, 3.8) is 0 Å². The van der Waals surface area contributed by atoms with Gasteiger partial charge in [-0.3, -0.25) is 9.59 Å². The van der Waals surface area contributed by atoms with Crippen molar-refractivity contribution in [2.24, 2.45) is 13.0 Å². The molecule has 1 saturated heterocycles. The van der Waals surface area contributed by atoms with E-state index < -0.39 is 0 Å². The van der Waals surface area contributed by atoms with Crippen LogP contribution in [0.4, 0.5) is 5.69 Å². The van der Waals surface area contributed by atoms with Crippen LogP contribution in [0.3, 0.4) is 0 Å². The number of nitrogens with one attached hydrogen (secondary N) is 1. The Morgan fingerprint density at radius 3 is 3.00 bits per heavy atom. The number of aryl methyl sites for hydroxylation is 1. The van der Waals surface area contributed by atoms with E-state index in [1.807, 2.05) is 6.92 Å². The monoisotopic (exact) mass is 264 g/mol. The summed E-state index contributed by atoms with van der Waals surface area (Å²) in [7, 11) is 1.66. The van der Waals surface area contributed by atoms with Crippen LogP contribution in [0.5, 0.6) is 0 Å². The number of aromatic nitrogens is 1. The van der Waals surface area contributed by atoms with Crippen LogP contribution in [0.15, 0.2) is 23.1 Å². The zero-order valence-electron chi connectivity index (χ0n) is 11.4. The van der Waals surface area contributed by atoms with Crippen molar-refractivity contribution in [1.82, 2.24) is 4.57 Å². The highest BCUT2D eigenvalue weighted by atomic mass is 16.5. The Labute approximate surface area is 112 Å². The van der Waals surface area contributed by atoms with Crippen LogP contribution in [0.1, 0.15) is 26.2 Å². The van der Waals surface area contributed by atoms with Crippen LogP contribution in [-0.4, -0.2) is 23.2 Å². The zero-order valence-corrected chi connectivity index (χ0v) is 11.4. The van der Waals surface area contributed by atoms with E-state index in [9.17, 15) is 9.59 Å². The second-order valence-corrected chi connectivity index (χ2v) is 4.92. The number of rotatable bonds is 3. The molecule has 2 rings (SSSR count). The van der Waals surface area contributed by atoms with E-state index in [1.54, 1.807) is 19.3 Å². The molecule has 1 aromatic rings. The van der Waals surface area contributed by atoms with Crippen LogP contribution in [0, 0.1) is 5.92 Å². The Hall–Kier alpha value is -1.62. The van der Waals surface area contributed by atoms with Crippen molar-refractivity contribution in [2.75, 3.05) is 11.9 Å². The van der Waals surface area contributed by atoms with E-state index in [0.29, 0.717) is 5.69 Å². The molecule has 1 N–H and O–H groups in total. The lowest BCUT2D eigenvalue weighted by Gasteiger charge is -2.30. The summed E-state index contributed by atoms with van der Waals surface area (Å²) in [5.41, 5.74) is 0.554. The van der Waals surface area contributed by atoms with Gasteiger partial charge in [0.1, 0.15) is 0 Å². The minimum atomic E-state index is -0.101. The topological polar surface area (TPSA) is 60.3 Å². The molecule has 0 saturated carbocycles. The Bertz CT molecular complexity index is 510. The predicted molar refractivity (Wildman–Crippen MR) is 73.1 cm³/mol. The molecule has 1 aromatic heterocycles. The molecule has 19 heavy (non-hydrogen) atoms. The number of anilines is 1. The number of pyridine rings is 1. The lowest BCUT2D eigenvalue weighted by molar-refractivity contribution is -0.129. The Balaban J connectivity index is 2.07. The summed E-state index contributed by atoms with van der Waals surface area (Å²) in [5.74, 6) is -0.124. The van der Waals surface area contributed by atoms with Gasteiger partial charge in [-0.25, -0.2) is 0 Å². The first-order chi connectivity index (χ1) is 9.11. The number of hydrogen-bond acceptors (Lipinski definition) is 3. The number of ether oxygens (including phenoxy) is 1. The predicted octanol–water partition coefficient (Wildman–Crippen LogP) is 1.53. The summed E-state index contributed by atoms with van der Waals surface area (Å²) in [6.07, 6.45) is 4.25. The second kappa shape index (κ2) is 6.02. The summed E-state index contributed by atoms with van der Waals surface area (Å²) >= 11 is 0. The van der Waals surface area contributed by atoms with Crippen LogP contribution in [0.2, 0.25) is 0 Å². The SMILES string of the molecule is CCC1OCCCC1C(=O)Nc1ccc(=O)n(C)c1. The van der Waals surface area contributed by atoms with Gasteiger partial charge < -0.3 is 14.6 Å². The van der Waals surface area contributed by atoms with Crippen LogP contribution >= 0.6 is 0 Å². The molecule has 0 bridgehead atoms. The Morgan fingerprint density at radius 1 is 1.53 bits per heavy atom. The maximum atomic E-state index is 12.3. The molecule has 2 unspecified atom stereocenters. The van der Waals surface area contributed by atoms with Gasteiger partial charge in [0.2, 0.25) is 11.5 Å². The van der Waals surface area contributed by atoms with Gasteiger partial charge in [-0.2, -0.15) is 0 Å². The van der Waals surface area contributed by atoms with Crippen LogP contribution < -0.4 is 10.9 Å². The average Bonchev–Trinajstić information content (AvgIpc) is 2.43. The molecule has 1 aliphatic rings. The number of carbonyl (C=O) groups is 1. The molecule has 1 amide bonds. The summed E-state index contributed by atoms with van der Waals surface area (Å²) in [5, 5.41) is 2.87. The number of carbonyl (C=O) groups excluding carboxylic acids is 1. The Kier molecular flexibility index (Phi) is 4.37. The number of nitrogens with zero attached hydrogens (tertiary/aromatic N) is 1. The van der Waals surface area contributed by atoms with Crippen molar-refractivity contribution in [3.05, 3.63) is 28.7 Å². The van der Waals surface area contributed by atoms with Crippen molar-refractivity contribution in [2.45, 2.75) is 32.3 Å². The smallest absolute Gasteiger partial charge is 0.250 e. The van der Waals surface area contributed by atoms with E-state index >= 15 is 0 Å². The van der Waals surface area contributed by atoms with E-state index in [0.717, 1.165) is 25.9 Å². The molecule has 5 nitrogen and oxygen atoms in total. The van der Waals surface area contributed by atoms with Gasteiger partial charge in [-0.15, -0.1) is 0 Å². The van der Waals surface area contributed by atoms with Gasteiger partial charge in [-0.1, -0.05) is 6.92 Å². The van der Waals surface area contributed by atoms with Crippen molar-refractivity contribution < 1.29 is 9.53 Å². The minimum absolute atomic E-state index is 0.00119. The third-order valence-corrected chi connectivity index (χ3v) is 3.53. The van der Waals surface area contributed by atoms with E-state index in [-0.39, 0.29) is 23.5 Å². The maximum absolute atomic E-state index is 12.3. The molecule has 104 valence electrons. The van der Waals surface area contributed by atoms with Gasteiger partial charge >= 0.3 is 0 Å². The third-order valence-electron chi connectivity index (χ3n) is 3.53. The van der Waals surface area contributed by atoms with E-state index in [4.69, 9.17) is 4.74 Å². The molecular weight excluding hydrogens is 244 g/mol.